The normalized spacial score (nSPS) is 24.7. The number of aliphatic hydroxyl groups is 3. The minimum atomic E-state index is -1.55. The second-order valence-corrected chi connectivity index (χ2v) is 6.34. The molecule has 13 nitrogen and oxygen atoms in total. The van der Waals surface area contributed by atoms with Crippen LogP contribution in [0.15, 0.2) is 9.59 Å². The maximum atomic E-state index is 13.0. The number of aromatic amines is 1. The largest absolute Gasteiger partial charge is 0.469 e. The minimum Gasteiger partial charge on any atom is -0.469 e. The van der Waals surface area contributed by atoms with Gasteiger partial charge in [0.15, 0.2) is 17.4 Å². The molecular formula is C15H21N5O8. The van der Waals surface area contributed by atoms with Crippen LogP contribution in [-0.2, 0) is 20.8 Å². The highest BCUT2D eigenvalue weighted by Crippen LogP contribution is 2.30. The fourth-order valence-electron chi connectivity index (χ4n) is 3.21. The van der Waals surface area contributed by atoms with Crippen LogP contribution in [0.4, 0.5) is 5.95 Å². The number of methoxy groups -OCH3 is 1. The molecule has 0 unspecified atom stereocenters. The van der Waals surface area contributed by atoms with Crippen molar-refractivity contribution in [3.8, 4) is 0 Å². The number of nitrogens with one attached hydrogen (secondary N) is 1. The van der Waals surface area contributed by atoms with Crippen LogP contribution in [0.3, 0.4) is 0 Å². The van der Waals surface area contributed by atoms with Gasteiger partial charge in [0.25, 0.3) is 5.56 Å². The van der Waals surface area contributed by atoms with Crippen molar-refractivity contribution < 1.29 is 29.6 Å². The van der Waals surface area contributed by atoms with Crippen molar-refractivity contribution in [2.45, 2.75) is 43.9 Å². The van der Waals surface area contributed by atoms with Crippen LogP contribution < -0.4 is 17.0 Å². The maximum absolute atomic E-state index is 13.0. The number of aliphatic hydroxyl groups excluding tert-OH is 3. The predicted octanol–water partition coefficient (Wildman–Crippen LogP) is -2.97. The van der Waals surface area contributed by atoms with Crippen LogP contribution in [0.1, 0.15) is 19.1 Å². The van der Waals surface area contributed by atoms with E-state index in [2.05, 4.69) is 14.7 Å². The molecule has 0 amide bonds. The van der Waals surface area contributed by atoms with Crippen molar-refractivity contribution in [3.63, 3.8) is 0 Å². The van der Waals surface area contributed by atoms with E-state index in [-0.39, 0.29) is 36.5 Å². The molecule has 2 aromatic heterocycles. The smallest absolute Gasteiger partial charge is 0.332 e. The standard InChI is InChI=1S/C15H21N5O8/c1-27-7(22)3-2-4-19-8-11(17-14(16)18-12(8)25)20(15(19)26)13-10(24)9(23)6(5-21)28-13/h6,9-10,13,21,23-24H,2-5H2,1H3,(H3,16,17,18,25)/t6-,9-,10+,13+/m0/s1. The Hall–Kier alpha value is -2.74. The van der Waals surface area contributed by atoms with Gasteiger partial charge >= 0.3 is 11.7 Å². The quantitative estimate of drug-likeness (QED) is 0.313. The first-order valence-corrected chi connectivity index (χ1v) is 8.50. The summed E-state index contributed by atoms with van der Waals surface area (Å²) in [6, 6.07) is 0. The van der Waals surface area contributed by atoms with Gasteiger partial charge < -0.3 is 30.5 Å². The second-order valence-electron chi connectivity index (χ2n) is 6.34. The average Bonchev–Trinajstić information content (AvgIpc) is 3.09. The van der Waals surface area contributed by atoms with Crippen molar-refractivity contribution in [2.24, 2.45) is 0 Å². The van der Waals surface area contributed by atoms with E-state index in [1.54, 1.807) is 0 Å². The molecule has 3 rings (SSSR count). The van der Waals surface area contributed by atoms with Crippen LogP contribution >= 0.6 is 0 Å². The van der Waals surface area contributed by atoms with Gasteiger partial charge in [0.05, 0.1) is 13.7 Å². The first-order valence-electron chi connectivity index (χ1n) is 8.50. The predicted molar refractivity (Wildman–Crippen MR) is 93.3 cm³/mol. The molecule has 0 radical (unpaired) electrons. The molecule has 1 saturated heterocycles. The number of nitrogens with zero attached hydrogens (tertiary/aromatic N) is 3. The topological polar surface area (TPSA) is 195 Å². The Bertz CT molecular complexity index is 995. The van der Waals surface area contributed by atoms with Gasteiger partial charge in [-0.3, -0.25) is 19.1 Å². The van der Waals surface area contributed by atoms with E-state index in [0.29, 0.717) is 0 Å². The van der Waals surface area contributed by atoms with Crippen LogP contribution in [0.2, 0.25) is 0 Å². The number of hydrogen-bond donors (Lipinski definition) is 5. The van der Waals surface area contributed by atoms with Crippen molar-refractivity contribution >= 4 is 23.1 Å². The molecule has 154 valence electrons. The Balaban J connectivity index is 2.10. The molecular weight excluding hydrogens is 378 g/mol. The monoisotopic (exact) mass is 399 g/mol. The molecule has 4 atom stereocenters. The summed E-state index contributed by atoms with van der Waals surface area (Å²) in [4.78, 5) is 42.9. The molecule has 2 aromatic rings. The minimum absolute atomic E-state index is 0.0130. The summed E-state index contributed by atoms with van der Waals surface area (Å²) in [5.74, 6) is -0.735. The third-order valence-electron chi connectivity index (χ3n) is 4.59. The van der Waals surface area contributed by atoms with Gasteiger partial charge in [0, 0.05) is 13.0 Å². The van der Waals surface area contributed by atoms with E-state index in [0.717, 1.165) is 9.13 Å². The van der Waals surface area contributed by atoms with Gasteiger partial charge in [-0.1, -0.05) is 0 Å². The zero-order valence-electron chi connectivity index (χ0n) is 14.9. The molecule has 6 N–H and O–H groups in total. The Labute approximate surface area is 156 Å². The first kappa shape index (κ1) is 20.0. The number of carbonyl (C=O) groups is 1. The van der Waals surface area contributed by atoms with Gasteiger partial charge in [-0.25, -0.2) is 9.36 Å². The maximum Gasteiger partial charge on any atom is 0.332 e. The number of rotatable bonds is 6. The Morgan fingerprint density at radius 3 is 2.68 bits per heavy atom. The molecule has 3 heterocycles. The molecule has 1 aliphatic rings. The zero-order chi connectivity index (χ0) is 20.6. The zero-order valence-corrected chi connectivity index (χ0v) is 14.9. The Kier molecular flexibility index (Phi) is 5.51. The van der Waals surface area contributed by atoms with E-state index in [1.807, 2.05) is 0 Å². The summed E-state index contributed by atoms with van der Waals surface area (Å²) < 4.78 is 11.9. The van der Waals surface area contributed by atoms with Gasteiger partial charge in [-0.2, -0.15) is 4.98 Å². The fraction of sp³-hybridized carbons (Fsp3) is 0.600. The van der Waals surface area contributed by atoms with Crippen molar-refractivity contribution in [1.82, 2.24) is 19.1 Å². The lowest BCUT2D eigenvalue weighted by Gasteiger charge is -2.15. The number of carbonyl (C=O) groups excluding carboxylic acids is 1. The lowest BCUT2D eigenvalue weighted by atomic mass is 10.1. The number of nitrogens with two attached hydrogens (primary N) is 1. The van der Waals surface area contributed by atoms with Crippen molar-refractivity contribution in [1.29, 1.82) is 0 Å². The molecule has 0 aromatic carbocycles. The third-order valence-corrected chi connectivity index (χ3v) is 4.59. The lowest BCUT2D eigenvalue weighted by molar-refractivity contribution is -0.140. The summed E-state index contributed by atoms with van der Waals surface area (Å²) in [5, 5.41) is 29.5. The van der Waals surface area contributed by atoms with E-state index < -0.39 is 48.4 Å². The van der Waals surface area contributed by atoms with Gasteiger partial charge in [-0.05, 0) is 6.42 Å². The Morgan fingerprint density at radius 2 is 2.07 bits per heavy atom. The molecule has 0 aliphatic carbocycles. The van der Waals surface area contributed by atoms with Gasteiger partial charge in [0.2, 0.25) is 5.95 Å². The SMILES string of the molecule is COC(=O)CCCn1c(=O)n([C@@H]2O[C@@H](CO)[C@H](O)[C@H]2O)c2nc(N)[nH]c(=O)c21. The van der Waals surface area contributed by atoms with E-state index in [1.165, 1.54) is 7.11 Å². The van der Waals surface area contributed by atoms with Crippen LogP contribution in [0.25, 0.3) is 11.2 Å². The third kappa shape index (κ3) is 3.28. The molecule has 0 spiro atoms. The summed E-state index contributed by atoms with van der Waals surface area (Å²) in [7, 11) is 1.24. The number of aromatic nitrogens is 4. The number of anilines is 1. The highest BCUT2D eigenvalue weighted by Gasteiger charge is 2.45. The van der Waals surface area contributed by atoms with Crippen LogP contribution in [-0.4, -0.2) is 72.4 Å². The molecule has 0 bridgehead atoms. The molecule has 0 saturated carbocycles. The highest BCUT2D eigenvalue weighted by atomic mass is 16.6. The number of esters is 1. The van der Waals surface area contributed by atoms with Crippen molar-refractivity contribution in [2.75, 3.05) is 19.5 Å². The van der Waals surface area contributed by atoms with Gasteiger partial charge in [-0.15, -0.1) is 0 Å². The molecule has 1 aliphatic heterocycles. The van der Waals surface area contributed by atoms with Crippen LogP contribution in [0.5, 0.6) is 0 Å². The number of H-pyrrole nitrogens is 1. The lowest BCUT2D eigenvalue weighted by Crippen LogP contribution is -2.36. The van der Waals surface area contributed by atoms with E-state index in [4.69, 9.17) is 10.5 Å². The van der Waals surface area contributed by atoms with E-state index in [9.17, 15) is 29.7 Å². The summed E-state index contributed by atoms with van der Waals surface area (Å²) in [6.45, 7) is -0.599. The fourth-order valence-corrected chi connectivity index (χ4v) is 3.21. The first-order chi connectivity index (χ1) is 13.3. The summed E-state index contributed by atoms with van der Waals surface area (Å²) in [5.41, 5.74) is 3.86. The molecule has 13 heteroatoms. The molecule has 28 heavy (non-hydrogen) atoms. The number of imidazole rings is 1. The van der Waals surface area contributed by atoms with Gasteiger partial charge in [0.1, 0.15) is 18.3 Å². The number of ether oxygens (including phenoxy) is 2. The number of fused-ring (bicyclic) bond motifs is 1. The second kappa shape index (κ2) is 7.71. The van der Waals surface area contributed by atoms with Crippen molar-refractivity contribution in [3.05, 3.63) is 20.8 Å². The Morgan fingerprint density at radius 1 is 1.36 bits per heavy atom. The molecule has 1 fully saturated rings. The van der Waals surface area contributed by atoms with Crippen LogP contribution in [0, 0.1) is 0 Å². The number of aryl methyl sites for hydroxylation is 1. The highest BCUT2D eigenvalue weighted by molar-refractivity contribution is 5.72. The average molecular weight is 399 g/mol. The number of hydrogen-bond acceptors (Lipinski definition) is 10. The summed E-state index contributed by atoms with van der Waals surface area (Å²) in [6.07, 6.45) is -5.29. The summed E-state index contributed by atoms with van der Waals surface area (Å²) >= 11 is 0. The van der Waals surface area contributed by atoms with E-state index >= 15 is 0 Å². The number of nitrogen functional groups attached to an aromatic ring is 1.